The van der Waals surface area contributed by atoms with Gasteiger partial charge in [-0.2, -0.15) is 0 Å². The van der Waals surface area contributed by atoms with Crippen molar-refractivity contribution < 1.29 is 9.90 Å². The molecule has 1 aliphatic rings. The topological polar surface area (TPSA) is 49.3 Å². The molecule has 3 nitrogen and oxygen atoms in total. The van der Waals surface area contributed by atoms with Crippen molar-refractivity contribution in [2.24, 2.45) is 0 Å². The van der Waals surface area contributed by atoms with E-state index < -0.39 is 5.72 Å². The van der Waals surface area contributed by atoms with Crippen LogP contribution in [0.3, 0.4) is 0 Å². The number of piperidine rings is 1. The lowest BCUT2D eigenvalue weighted by Crippen LogP contribution is -2.51. The molecule has 1 heterocycles. The summed E-state index contributed by atoms with van der Waals surface area (Å²) in [6.45, 7) is 2.19. The second kappa shape index (κ2) is 7.49. The number of aliphatic hydroxyl groups is 1. The van der Waals surface area contributed by atoms with Crippen LogP contribution in [-0.4, -0.2) is 16.7 Å². The van der Waals surface area contributed by atoms with Gasteiger partial charge in [-0.05, 0) is 38.5 Å². The van der Waals surface area contributed by atoms with E-state index in [-0.39, 0.29) is 5.91 Å². The van der Waals surface area contributed by atoms with Crippen molar-refractivity contribution in [1.82, 2.24) is 5.32 Å². The standard InChI is InChI=1S/C14H25NO2/c1-2-3-4-5-6-7-8-11-14(17)12-9-10-13(16)15-14/h5-6,17H,2-4,7-12H2,1H3,(H,15,16)/b6-5+. The highest BCUT2D eigenvalue weighted by Gasteiger charge is 2.31. The van der Waals surface area contributed by atoms with Gasteiger partial charge in [0.05, 0.1) is 0 Å². The Hall–Kier alpha value is -0.830. The number of carbonyl (C=O) groups is 1. The first-order valence-electron chi connectivity index (χ1n) is 6.85. The van der Waals surface area contributed by atoms with Crippen molar-refractivity contribution in [2.75, 3.05) is 0 Å². The Morgan fingerprint density at radius 2 is 2.06 bits per heavy atom. The highest BCUT2D eigenvalue weighted by Crippen LogP contribution is 2.22. The van der Waals surface area contributed by atoms with Gasteiger partial charge in [-0.3, -0.25) is 4.79 Å². The van der Waals surface area contributed by atoms with Crippen LogP contribution in [0.2, 0.25) is 0 Å². The lowest BCUT2D eigenvalue weighted by molar-refractivity contribution is -0.134. The van der Waals surface area contributed by atoms with Crippen molar-refractivity contribution in [1.29, 1.82) is 0 Å². The number of carbonyl (C=O) groups excluding carboxylic acids is 1. The fraction of sp³-hybridized carbons (Fsp3) is 0.786. The third-order valence-corrected chi connectivity index (χ3v) is 3.22. The first kappa shape index (κ1) is 14.2. The number of hydrogen-bond acceptors (Lipinski definition) is 2. The molecule has 1 saturated heterocycles. The zero-order valence-electron chi connectivity index (χ0n) is 10.9. The minimum Gasteiger partial charge on any atom is -0.371 e. The van der Waals surface area contributed by atoms with Crippen molar-refractivity contribution in [3.05, 3.63) is 12.2 Å². The van der Waals surface area contributed by atoms with Crippen LogP contribution in [0.5, 0.6) is 0 Å². The maximum Gasteiger partial charge on any atom is 0.222 e. The van der Waals surface area contributed by atoms with Gasteiger partial charge in [0, 0.05) is 6.42 Å². The normalized spacial score (nSPS) is 25.2. The van der Waals surface area contributed by atoms with E-state index in [1.165, 1.54) is 12.8 Å². The molecular weight excluding hydrogens is 214 g/mol. The molecule has 0 aromatic heterocycles. The van der Waals surface area contributed by atoms with Gasteiger partial charge in [0.1, 0.15) is 5.72 Å². The molecule has 0 aromatic carbocycles. The molecule has 1 aliphatic heterocycles. The quantitative estimate of drug-likeness (QED) is 0.530. The Morgan fingerprint density at radius 3 is 2.71 bits per heavy atom. The summed E-state index contributed by atoms with van der Waals surface area (Å²) in [5.41, 5.74) is -0.938. The maximum absolute atomic E-state index is 11.2. The number of hydrogen-bond donors (Lipinski definition) is 2. The number of unbranched alkanes of at least 4 members (excludes halogenated alkanes) is 3. The molecule has 0 spiro atoms. The van der Waals surface area contributed by atoms with Crippen LogP contribution in [-0.2, 0) is 4.79 Å². The lowest BCUT2D eigenvalue weighted by Gasteiger charge is -2.32. The molecule has 2 N–H and O–H groups in total. The molecule has 0 aromatic rings. The summed E-state index contributed by atoms with van der Waals surface area (Å²) >= 11 is 0. The van der Waals surface area contributed by atoms with E-state index >= 15 is 0 Å². The van der Waals surface area contributed by atoms with Crippen LogP contribution in [0.1, 0.15) is 64.7 Å². The number of allylic oxidation sites excluding steroid dienone is 2. The number of amides is 1. The van der Waals surface area contributed by atoms with Gasteiger partial charge >= 0.3 is 0 Å². The van der Waals surface area contributed by atoms with Crippen LogP contribution < -0.4 is 5.32 Å². The predicted molar refractivity (Wildman–Crippen MR) is 69.5 cm³/mol. The predicted octanol–water partition coefficient (Wildman–Crippen LogP) is 2.89. The summed E-state index contributed by atoms with van der Waals surface area (Å²) in [5.74, 6) is -0.0164. The summed E-state index contributed by atoms with van der Waals surface area (Å²) in [6.07, 6.45) is 12.7. The molecule has 1 amide bonds. The van der Waals surface area contributed by atoms with Crippen LogP contribution in [0, 0.1) is 0 Å². The first-order chi connectivity index (χ1) is 8.16. The van der Waals surface area contributed by atoms with E-state index in [9.17, 15) is 9.90 Å². The molecule has 0 saturated carbocycles. The highest BCUT2D eigenvalue weighted by atomic mass is 16.3. The van der Waals surface area contributed by atoms with Crippen molar-refractivity contribution in [2.45, 2.75) is 70.4 Å². The van der Waals surface area contributed by atoms with E-state index in [2.05, 4.69) is 24.4 Å². The van der Waals surface area contributed by atoms with Gasteiger partial charge in [0.25, 0.3) is 0 Å². The molecule has 0 bridgehead atoms. The second-order valence-electron chi connectivity index (χ2n) is 4.94. The third-order valence-electron chi connectivity index (χ3n) is 3.22. The maximum atomic E-state index is 11.2. The smallest absolute Gasteiger partial charge is 0.222 e. The fourth-order valence-corrected chi connectivity index (χ4v) is 2.18. The summed E-state index contributed by atoms with van der Waals surface area (Å²) in [5, 5.41) is 12.8. The number of nitrogens with one attached hydrogen (secondary N) is 1. The van der Waals surface area contributed by atoms with Gasteiger partial charge in [-0.1, -0.05) is 31.9 Å². The van der Waals surface area contributed by atoms with E-state index in [0.717, 1.165) is 25.7 Å². The van der Waals surface area contributed by atoms with Crippen LogP contribution in [0.25, 0.3) is 0 Å². The Kier molecular flexibility index (Phi) is 6.27. The minimum absolute atomic E-state index is 0.0164. The second-order valence-corrected chi connectivity index (χ2v) is 4.94. The molecule has 0 radical (unpaired) electrons. The van der Waals surface area contributed by atoms with Crippen molar-refractivity contribution in [3.63, 3.8) is 0 Å². The van der Waals surface area contributed by atoms with Crippen LogP contribution >= 0.6 is 0 Å². The summed E-state index contributed by atoms with van der Waals surface area (Å²) in [7, 11) is 0. The first-order valence-corrected chi connectivity index (χ1v) is 6.85. The zero-order valence-corrected chi connectivity index (χ0v) is 10.9. The molecular formula is C14H25NO2. The average Bonchev–Trinajstić information content (AvgIpc) is 2.27. The van der Waals surface area contributed by atoms with Crippen molar-refractivity contribution in [3.8, 4) is 0 Å². The van der Waals surface area contributed by atoms with Gasteiger partial charge in [-0.15, -0.1) is 0 Å². The monoisotopic (exact) mass is 239 g/mol. The highest BCUT2D eigenvalue weighted by molar-refractivity contribution is 5.77. The Balaban J connectivity index is 2.12. The van der Waals surface area contributed by atoms with E-state index in [1.807, 2.05) is 0 Å². The number of rotatable bonds is 7. The molecule has 3 heteroatoms. The fourth-order valence-electron chi connectivity index (χ4n) is 2.18. The Morgan fingerprint density at radius 1 is 1.35 bits per heavy atom. The van der Waals surface area contributed by atoms with Crippen molar-refractivity contribution >= 4 is 5.91 Å². The zero-order chi connectivity index (χ0) is 12.6. The molecule has 0 aliphatic carbocycles. The van der Waals surface area contributed by atoms with E-state index in [0.29, 0.717) is 19.3 Å². The molecule has 1 rings (SSSR count). The minimum atomic E-state index is -0.938. The molecule has 17 heavy (non-hydrogen) atoms. The summed E-state index contributed by atoms with van der Waals surface area (Å²) in [4.78, 5) is 11.2. The van der Waals surface area contributed by atoms with Gasteiger partial charge in [0.15, 0.2) is 0 Å². The molecule has 1 fully saturated rings. The van der Waals surface area contributed by atoms with E-state index in [4.69, 9.17) is 0 Å². The van der Waals surface area contributed by atoms with Crippen LogP contribution in [0.4, 0.5) is 0 Å². The third kappa shape index (κ3) is 5.87. The Bertz CT molecular complexity index is 263. The van der Waals surface area contributed by atoms with Gasteiger partial charge < -0.3 is 10.4 Å². The lowest BCUT2D eigenvalue weighted by atomic mass is 9.95. The molecule has 1 atom stereocenters. The van der Waals surface area contributed by atoms with Gasteiger partial charge in [-0.25, -0.2) is 0 Å². The Labute approximate surface area is 104 Å². The summed E-state index contributed by atoms with van der Waals surface area (Å²) in [6, 6.07) is 0. The SMILES string of the molecule is CCCC/C=C/CCCC1(O)CCCC(=O)N1. The summed E-state index contributed by atoms with van der Waals surface area (Å²) < 4.78 is 0. The molecule has 1 unspecified atom stereocenters. The average molecular weight is 239 g/mol. The van der Waals surface area contributed by atoms with E-state index in [1.54, 1.807) is 0 Å². The van der Waals surface area contributed by atoms with Crippen LogP contribution in [0.15, 0.2) is 12.2 Å². The van der Waals surface area contributed by atoms with Gasteiger partial charge in [0.2, 0.25) is 5.91 Å². The molecule has 98 valence electrons. The largest absolute Gasteiger partial charge is 0.371 e.